The number of aliphatic hydroxyl groups excluding tert-OH is 1. The van der Waals surface area contributed by atoms with Crippen molar-refractivity contribution in [2.75, 3.05) is 11.5 Å². The summed E-state index contributed by atoms with van der Waals surface area (Å²) in [7, 11) is 0. The summed E-state index contributed by atoms with van der Waals surface area (Å²) < 4.78 is 0. The zero-order chi connectivity index (χ0) is 11.4. The predicted molar refractivity (Wildman–Crippen MR) is 71.3 cm³/mol. The molecule has 1 unspecified atom stereocenters. The topological polar surface area (TPSA) is 33.1 Å². The van der Waals surface area contributed by atoms with Gasteiger partial charge in [-0.05, 0) is 37.2 Å². The molecule has 0 saturated carbocycles. The van der Waals surface area contributed by atoms with Crippen LogP contribution >= 0.6 is 23.1 Å². The largest absolute Gasteiger partial charge is 0.393 e. The lowest BCUT2D eigenvalue weighted by Crippen LogP contribution is -2.11. The van der Waals surface area contributed by atoms with Crippen molar-refractivity contribution in [3.05, 3.63) is 16.1 Å². The highest BCUT2D eigenvalue weighted by Crippen LogP contribution is 2.27. The minimum atomic E-state index is -0.251. The molecule has 0 bridgehead atoms. The Hall–Kier alpha value is -0.0600. The van der Waals surface area contributed by atoms with Crippen LogP contribution in [0.3, 0.4) is 0 Å². The van der Waals surface area contributed by atoms with Gasteiger partial charge in [0.15, 0.2) is 0 Å². The van der Waals surface area contributed by atoms with Gasteiger partial charge in [-0.15, -0.1) is 11.3 Å². The average molecular weight is 257 g/mol. The summed E-state index contributed by atoms with van der Waals surface area (Å²) in [5, 5.41) is 10.6. The van der Waals surface area contributed by atoms with Gasteiger partial charge in [-0.2, -0.15) is 11.8 Å². The second-order valence-corrected chi connectivity index (χ2v) is 6.96. The summed E-state index contributed by atoms with van der Waals surface area (Å²) >= 11 is 3.85. The van der Waals surface area contributed by atoms with Gasteiger partial charge < -0.3 is 5.11 Å². The second-order valence-electron chi connectivity index (χ2n) is 4.53. The van der Waals surface area contributed by atoms with E-state index in [2.05, 4.69) is 16.7 Å². The van der Waals surface area contributed by atoms with Gasteiger partial charge in [-0.25, -0.2) is 4.98 Å². The second kappa shape index (κ2) is 6.03. The molecule has 4 heteroatoms. The molecule has 0 radical (unpaired) electrons. The third kappa shape index (κ3) is 3.75. The summed E-state index contributed by atoms with van der Waals surface area (Å²) in [6.07, 6.45) is 6.26. The molecule has 1 fully saturated rings. The van der Waals surface area contributed by atoms with E-state index >= 15 is 0 Å². The smallest absolute Gasteiger partial charge is 0.0930 e. The Kier molecular flexibility index (Phi) is 4.67. The zero-order valence-corrected chi connectivity index (χ0v) is 11.3. The van der Waals surface area contributed by atoms with E-state index in [9.17, 15) is 5.11 Å². The fourth-order valence-electron chi connectivity index (χ4n) is 2.03. The minimum Gasteiger partial charge on any atom is -0.393 e. The molecule has 16 heavy (non-hydrogen) atoms. The average Bonchev–Trinajstić information content (AvgIpc) is 2.66. The van der Waals surface area contributed by atoms with Crippen molar-refractivity contribution in [1.82, 2.24) is 4.98 Å². The van der Waals surface area contributed by atoms with Gasteiger partial charge in [0.25, 0.3) is 0 Å². The first kappa shape index (κ1) is 12.4. The molecule has 1 saturated heterocycles. The summed E-state index contributed by atoms with van der Waals surface area (Å²) in [4.78, 5) is 5.68. The monoisotopic (exact) mass is 257 g/mol. The highest BCUT2D eigenvalue weighted by atomic mass is 32.2. The van der Waals surface area contributed by atoms with Gasteiger partial charge in [-0.1, -0.05) is 0 Å². The molecular weight excluding hydrogens is 238 g/mol. The van der Waals surface area contributed by atoms with Gasteiger partial charge in [0, 0.05) is 23.9 Å². The fourth-order valence-corrected chi connectivity index (χ4v) is 4.39. The molecule has 1 N–H and O–H groups in total. The van der Waals surface area contributed by atoms with Crippen LogP contribution in [-0.2, 0) is 12.8 Å². The van der Waals surface area contributed by atoms with Gasteiger partial charge in [0.2, 0.25) is 0 Å². The van der Waals surface area contributed by atoms with Crippen molar-refractivity contribution in [1.29, 1.82) is 0 Å². The molecule has 1 aromatic rings. The van der Waals surface area contributed by atoms with Gasteiger partial charge in [0.1, 0.15) is 0 Å². The number of thiazole rings is 1. The maximum Gasteiger partial charge on any atom is 0.0930 e. The number of thioether (sulfide) groups is 1. The molecule has 0 amide bonds. The molecular formula is C12H19NOS2. The Labute approximate surface area is 105 Å². The Morgan fingerprint density at radius 2 is 2.25 bits per heavy atom. The maximum absolute atomic E-state index is 9.31. The van der Waals surface area contributed by atoms with Crippen LogP contribution in [0.1, 0.15) is 29.7 Å². The van der Waals surface area contributed by atoms with Crippen LogP contribution in [0.25, 0.3) is 0 Å². The van der Waals surface area contributed by atoms with E-state index < -0.39 is 0 Å². The Bertz CT molecular complexity index is 319. The predicted octanol–water partition coefficient (Wildman–Crippen LogP) is 2.75. The molecule has 2 nitrogen and oxygen atoms in total. The van der Waals surface area contributed by atoms with Crippen molar-refractivity contribution in [2.24, 2.45) is 5.92 Å². The normalized spacial score (nSPS) is 19.9. The van der Waals surface area contributed by atoms with Crippen LogP contribution in [0, 0.1) is 5.92 Å². The highest BCUT2D eigenvalue weighted by molar-refractivity contribution is 7.99. The molecule has 0 aliphatic carbocycles. The minimum absolute atomic E-state index is 0.251. The molecule has 90 valence electrons. The summed E-state index contributed by atoms with van der Waals surface area (Å²) in [5.74, 6) is 3.47. The highest BCUT2D eigenvalue weighted by Gasteiger charge is 2.16. The van der Waals surface area contributed by atoms with E-state index in [4.69, 9.17) is 0 Å². The van der Waals surface area contributed by atoms with E-state index in [1.807, 2.05) is 13.1 Å². The zero-order valence-electron chi connectivity index (χ0n) is 9.69. The molecule has 1 atom stereocenters. The third-order valence-electron chi connectivity index (χ3n) is 2.90. The quantitative estimate of drug-likeness (QED) is 0.900. The number of aromatic nitrogens is 1. The van der Waals surface area contributed by atoms with E-state index in [-0.39, 0.29) is 6.10 Å². The maximum atomic E-state index is 9.31. The van der Waals surface area contributed by atoms with E-state index in [1.54, 1.807) is 11.3 Å². The Morgan fingerprint density at radius 1 is 1.50 bits per heavy atom. The molecule has 1 aliphatic rings. The van der Waals surface area contributed by atoms with Crippen LogP contribution in [0.5, 0.6) is 0 Å². The molecule has 0 spiro atoms. The summed E-state index contributed by atoms with van der Waals surface area (Å²) in [5.41, 5.74) is 0. The summed E-state index contributed by atoms with van der Waals surface area (Å²) in [6.45, 7) is 1.83. The van der Waals surface area contributed by atoms with Crippen LogP contribution < -0.4 is 0 Å². The van der Waals surface area contributed by atoms with Crippen molar-refractivity contribution in [3.63, 3.8) is 0 Å². The third-order valence-corrected chi connectivity index (χ3v) is 4.99. The molecule has 1 aliphatic heterocycles. The van der Waals surface area contributed by atoms with E-state index in [1.165, 1.54) is 34.2 Å². The number of hydrogen-bond donors (Lipinski definition) is 1. The van der Waals surface area contributed by atoms with Crippen molar-refractivity contribution >= 4 is 23.1 Å². The molecule has 2 heterocycles. The first-order chi connectivity index (χ1) is 7.74. The fraction of sp³-hybridized carbons (Fsp3) is 0.750. The number of aliphatic hydroxyl groups is 1. The van der Waals surface area contributed by atoms with Gasteiger partial charge >= 0.3 is 0 Å². The van der Waals surface area contributed by atoms with Gasteiger partial charge in [0.05, 0.1) is 11.1 Å². The van der Waals surface area contributed by atoms with Crippen molar-refractivity contribution < 1.29 is 5.11 Å². The Morgan fingerprint density at radius 3 is 2.94 bits per heavy atom. The van der Waals surface area contributed by atoms with Gasteiger partial charge in [-0.3, -0.25) is 0 Å². The van der Waals surface area contributed by atoms with E-state index in [0.717, 1.165) is 18.8 Å². The van der Waals surface area contributed by atoms with Crippen molar-refractivity contribution in [2.45, 2.75) is 38.7 Å². The van der Waals surface area contributed by atoms with Crippen molar-refractivity contribution in [3.8, 4) is 0 Å². The van der Waals surface area contributed by atoms with E-state index in [0.29, 0.717) is 0 Å². The number of hydrogen-bond acceptors (Lipinski definition) is 4. The number of rotatable bonds is 4. The lowest BCUT2D eigenvalue weighted by Gasteiger charge is -2.19. The number of nitrogens with zero attached hydrogens (tertiary/aromatic N) is 1. The first-order valence-corrected chi connectivity index (χ1v) is 7.90. The molecule has 1 aromatic heterocycles. The van der Waals surface area contributed by atoms with Crippen LogP contribution in [-0.4, -0.2) is 27.7 Å². The summed E-state index contributed by atoms with van der Waals surface area (Å²) in [6, 6.07) is 0. The van der Waals surface area contributed by atoms with Crippen LogP contribution in [0.15, 0.2) is 6.20 Å². The standard InChI is InChI=1S/C12H19NOS2/c1-9(14)6-11-8-13-12(16-11)7-10-2-4-15-5-3-10/h8-10,14H,2-7H2,1H3. The van der Waals surface area contributed by atoms with Crippen LogP contribution in [0.2, 0.25) is 0 Å². The molecule has 0 aromatic carbocycles. The first-order valence-electron chi connectivity index (χ1n) is 5.93. The Balaban J connectivity index is 1.86. The lowest BCUT2D eigenvalue weighted by molar-refractivity contribution is 0.196. The lowest BCUT2D eigenvalue weighted by atomic mass is 9.99. The molecule has 2 rings (SSSR count). The SMILES string of the molecule is CC(O)Cc1cnc(CC2CCSCC2)s1. The van der Waals surface area contributed by atoms with Crippen LogP contribution in [0.4, 0.5) is 0 Å².